The molecule has 0 spiro atoms. The summed E-state index contributed by atoms with van der Waals surface area (Å²) in [4.78, 5) is 74.8. The van der Waals surface area contributed by atoms with Gasteiger partial charge in [0.05, 0.1) is 41.3 Å². The Kier molecular flexibility index (Phi) is 9.91. The van der Waals surface area contributed by atoms with E-state index >= 15 is 0 Å². The number of likely N-dealkylation sites (tertiary alicyclic amines) is 2. The van der Waals surface area contributed by atoms with Crippen LogP contribution in [-0.2, 0) is 31.9 Å². The number of ether oxygens (including phenoxy) is 2. The van der Waals surface area contributed by atoms with Gasteiger partial charge in [-0.3, -0.25) is 14.5 Å². The maximum atomic E-state index is 14.4. The third-order valence-corrected chi connectivity index (χ3v) is 14.2. The van der Waals surface area contributed by atoms with Crippen molar-refractivity contribution in [3.8, 4) is 0 Å². The lowest BCUT2D eigenvalue weighted by atomic mass is 9.89. The molecule has 3 aromatic carbocycles. The average Bonchev–Trinajstić information content (AvgIpc) is 3.91. The quantitative estimate of drug-likeness (QED) is 0.116. The highest BCUT2D eigenvalue weighted by atomic mass is 16.5. The van der Waals surface area contributed by atoms with E-state index in [1.165, 1.54) is 30.2 Å². The number of amides is 4. The van der Waals surface area contributed by atoms with E-state index in [9.17, 15) is 24.3 Å². The molecule has 0 bridgehead atoms. The van der Waals surface area contributed by atoms with Gasteiger partial charge in [0.2, 0.25) is 11.8 Å². The van der Waals surface area contributed by atoms with E-state index in [0.717, 1.165) is 83.0 Å². The van der Waals surface area contributed by atoms with Gasteiger partial charge in [0, 0.05) is 37.7 Å². The van der Waals surface area contributed by atoms with Crippen LogP contribution >= 0.6 is 0 Å². The number of alkyl carbamates (subject to hydrolysis) is 1. The van der Waals surface area contributed by atoms with Gasteiger partial charge in [-0.05, 0) is 110 Å². The molecule has 3 saturated heterocycles. The number of nitrogens with zero attached hydrogens (tertiary/aromatic N) is 5. The Bertz CT molecular complexity index is 2540. The number of hydrogen-bond donors (Lipinski definition) is 4. The minimum Gasteiger partial charge on any atom is -0.465 e. The molecular formula is C46H54N8O7. The maximum absolute atomic E-state index is 14.4. The fourth-order valence-electron chi connectivity index (χ4n) is 10.7. The number of nitrogens with one attached hydrogen (secondary N) is 3. The fraction of sp³-hybridized carbons (Fsp3) is 0.522. The normalized spacial score (nSPS) is 25.5. The molecular weight excluding hydrogens is 777 g/mol. The summed E-state index contributed by atoms with van der Waals surface area (Å²) in [5.74, 6) is 2.00. The Morgan fingerprint density at radius 1 is 0.852 bits per heavy atom. The summed E-state index contributed by atoms with van der Waals surface area (Å²) in [5.41, 5.74) is 5.98. The number of H-pyrrole nitrogens is 2. The molecule has 4 N–H and O–H groups in total. The predicted octanol–water partition coefficient (Wildman–Crippen LogP) is 6.49. The van der Waals surface area contributed by atoms with Crippen molar-refractivity contribution in [1.29, 1.82) is 0 Å². The van der Waals surface area contributed by atoms with Crippen LogP contribution in [0, 0.1) is 23.7 Å². The number of methoxy groups -OCH3 is 1. The number of aromatic amines is 2. The lowest BCUT2D eigenvalue weighted by Gasteiger charge is -2.38. The zero-order valence-electron chi connectivity index (χ0n) is 35.1. The van der Waals surface area contributed by atoms with Crippen LogP contribution < -0.4 is 5.32 Å². The molecule has 4 amide bonds. The van der Waals surface area contributed by atoms with E-state index in [1.54, 1.807) is 0 Å². The van der Waals surface area contributed by atoms with E-state index in [-0.39, 0.29) is 47.8 Å². The highest BCUT2D eigenvalue weighted by Gasteiger charge is 2.58. The number of hydrogen-bond acceptors (Lipinski definition) is 8. The lowest BCUT2D eigenvalue weighted by Crippen LogP contribution is -2.54. The Morgan fingerprint density at radius 3 is 2.16 bits per heavy atom. The average molecular weight is 831 g/mol. The Morgan fingerprint density at radius 2 is 1.49 bits per heavy atom. The van der Waals surface area contributed by atoms with Crippen molar-refractivity contribution in [2.75, 3.05) is 27.4 Å². The SMILES string of the molecule is COC(=O)N[C@H](C(=O)N1[C@@H]2C[C@H]2C[C@H]1c1nc2ccc(CCc3ccc4c(ccc5[nH]c([C@@H]6C[C@H]7C[C@H]7N6C(=O)[C@H](C6CCOCC6)N(C)C(=O)O)nc54)c3)cc2[nH]1)C(C)C. The zero-order chi connectivity index (χ0) is 42.3. The molecule has 15 heteroatoms. The summed E-state index contributed by atoms with van der Waals surface area (Å²) >= 11 is 0. The van der Waals surface area contributed by atoms with Crippen LogP contribution in [0.15, 0.2) is 48.5 Å². The number of rotatable bonds is 11. The van der Waals surface area contributed by atoms with Crippen molar-refractivity contribution in [2.24, 2.45) is 23.7 Å². The third-order valence-electron chi connectivity index (χ3n) is 14.2. The van der Waals surface area contributed by atoms with Crippen LogP contribution in [0.4, 0.5) is 9.59 Å². The molecule has 61 heavy (non-hydrogen) atoms. The van der Waals surface area contributed by atoms with Gasteiger partial charge < -0.3 is 39.7 Å². The van der Waals surface area contributed by atoms with Gasteiger partial charge in [-0.15, -0.1) is 0 Å². The molecule has 320 valence electrons. The van der Waals surface area contributed by atoms with Crippen LogP contribution in [0.5, 0.6) is 0 Å². The van der Waals surface area contributed by atoms with E-state index in [1.807, 2.05) is 29.7 Å². The van der Waals surface area contributed by atoms with Gasteiger partial charge in [0.1, 0.15) is 23.7 Å². The van der Waals surface area contributed by atoms with Gasteiger partial charge >= 0.3 is 12.2 Å². The van der Waals surface area contributed by atoms with Gasteiger partial charge in [0.15, 0.2) is 0 Å². The summed E-state index contributed by atoms with van der Waals surface area (Å²) < 4.78 is 10.4. The number of aromatic nitrogens is 4. The van der Waals surface area contributed by atoms with Crippen molar-refractivity contribution < 1.29 is 33.8 Å². The number of fused-ring (bicyclic) bond motifs is 6. The van der Waals surface area contributed by atoms with Crippen molar-refractivity contribution in [3.63, 3.8) is 0 Å². The topological polar surface area (TPSA) is 186 Å². The first kappa shape index (κ1) is 39.4. The maximum Gasteiger partial charge on any atom is 0.407 e. The highest BCUT2D eigenvalue weighted by molar-refractivity contribution is 6.04. The van der Waals surface area contributed by atoms with Crippen molar-refractivity contribution in [2.45, 2.75) is 101 Å². The largest absolute Gasteiger partial charge is 0.465 e. The van der Waals surface area contributed by atoms with E-state index < -0.39 is 24.3 Å². The molecule has 5 aromatic rings. The van der Waals surface area contributed by atoms with Crippen LogP contribution in [-0.4, -0.2) is 115 Å². The number of carbonyl (C=O) groups is 4. The number of benzene rings is 3. The van der Waals surface area contributed by atoms with Crippen molar-refractivity contribution in [1.82, 2.24) is 40.0 Å². The van der Waals surface area contributed by atoms with E-state index in [4.69, 9.17) is 19.4 Å². The third kappa shape index (κ3) is 7.13. The predicted molar refractivity (Wildman–Crippen MR) is 227 cm³/mol. The number of carboxylic acid groups (broad SMARTS) is 1. The molecule has 0 unspecified atom stereocenters. The Hall–Kier alpha value is -5.70. The standard InChI is InChI=1S/C46H54N8O7/c1-23(2)38(51-45(57)60-4)43(55)53-34-19-28(34)21-36(53)41-47-31-11-8-25(18-33(31)49-41)6-5-24-7-10-30-27(17-24)9-12-32-39(30)50-42(48-32)37-22-29-20-35(29)54(37)44(56)40(52(3)46(58)59)26-13-15-61-16-14-26/h7-12,17-18,23,26,28-29,34-38,40H,5-6,13-16,19-22H2,1-4H3,(H,47,49)(H,48,50)(H,51,57)(H,58,59)/t28-,29+,34+,35+,36-,37-,38-,40-/m0/s1. The first-order chi connectivity index (χ1) is 29.5. The lowest BCUT2D eigenvalue weighted by molar-refractivity contribution is -0.141. The van der Waals surface area contributed by atoms with Crippen LogP contribution in [0.25, 0.3) is 32.8 Å². The molecule has 8 atom stereocenters. The van der Waals surface area contributed by atoms with Crippen LogP contribution in [0.1, 0.15) is 87.2 Å². The molecule has 15 nitrogen and oxygen atoms in total. The van der Waals surface area contributed by atoms with Gasteiger partial charge in [-0.2, -0.15) is 0 Å². The second-order valence-electron chi connectivity index (χ2n) is 18.4. The summed E-state index contributed by atoms with van der Waals surface area (Å²) in [5, 5.41) is 14.9. The number of carbonyl (C=O) groups excluding carboxylic acids is 3. The summed E-state index contributed by atoms with van der Waals surface area (Å²) in [6.45, 7) is 4.92. The molecule has 2 saturated carbocycles. The Balaban J connectivity index is 0.842. The molecule has 5 heterocycles. The van der Waals surface area contributed by atoms with Crippen molar-refractivity contribution in [3.05, 3.63) is 71.3 Å². The minimum atomic E-state index is -1.10. The first-order valence-corrected chi connectivity index (χ1v) is 21.9. The number of imidazole rings is 2. The minimum absolute atomic E-state index is 0.0873. The zero-order valence-corrected chi connectivity index (χ0v) is 35.1. The van der Waals surface area contributed by atoms with Crippen LogP contribution in [0.2, 0.25) is 0 Å². The molecule has 0 radical (unpaired) electrons. The Labute approximate surface area is 353 Å². The molecule has 2 aliphatic carbocycles. The summed E-state index contributed by atoms with van der Waals surface area (Å²) in [6.07, 6.45) is 4.87. The smallest absolute Gasteiger partial charge is 0.407 e. The fourth-order valence-corrected chi connectivity index (χ4v) is 10.7. The number of likely N-dealkylation sites (N-methyl/N-ethyl adjacent to an activating group) is 1. The molecule has 5 aliphatic rings. The molecule has 10 rings (SSSR count). The summed E-state index contributed by atoms with van der Waals surface area (Å²) in [6, 6.07) is 15.5. The molecule has 5 fully saturated rings. The van der Waals surface area contributed by atoms with E-state index in [2.05, 4.69) is 57.7 Å². The number of piperidine rings is 2. The van der Waals surface area contributed by atoms with E-state index in [0.29, 0.717) is 37.9 Å². The second kappa shape index (κ2) is 15.3. The molecule has 3 aliphatic heterocycles. The second-order valence-corrected chi connectivity index (χ2v) is 18.4. The van der Waals surface area contributed by atoms with Gasteiger partial charge in [-0.1, -0.05) is 44.2 Å². The highest BCUT2D eigenvalue weighted by Crippen LogP contribution is 2.55. The number of aryl methyl sites for hydroxylation is 2. The van der Waals surface area contributed by atoms with Crippen molar-refractivity contribution >= 4 is 56.8 Å². The molecule has 2 aromatic heterocycles. The first-order valence-electron chi connectivity index (χ1n) is 21.9. The van der Waals surface area contributed by atoms with Gasteiger partial charge in [0.25, 0.3) is 0 Å². The monoisotopic (exact) mass is 830 g/mol. The summed E-state index contributed by atoms with van der Waals surface area (Å²) in [7, 11) is 2.82. The van der Waals surface area contributed by atoms with Gasteiger partial charge in [-0.25, -0.2) is 19.6 Å². The van der Waals surface area contributed by atoms with Crippen LogP contribution in [0.3, 0.4) is 0 Å².